The Balaban J connectivity index is 1.60. The number of carbonyl (C=O) groups is 2. The van der Waals surface area contributed by atoms with Gasteiger partial charge in [0, 0.05) is 10.9 Å². The Bertz CT molecular complexity index is 1050. The summed E-state index contributed by atoms with van der Waals surface area (Å²) in [4.78, 5) is 27.7. The van der Waals surface area contributed by atoms with Crippen LogP contribution in [-0.4, -0.2) is 74.7 Å². The summed E-state index contributed by atoms with van der Waals surface area (Å²) in [7, 11) is 0. The third-order valence-corrected chi connectivity index (χ3v) is 6.66. The number of esters is 1. The molecule has 33 heavy (non-hydrogen) atoms. The standard InChI is InChI=1S/C23H29NO9/c1-3-11-6-5-7-12-13-8-9-31-23(4-2,20(13)24-15(11)12)10-14(25)32-22-18(28)16(26)17(27)19(33-22)21(29)30/h5-7,16-19,22,24,26-28H,3-4,8-10H2,1-2H3,(H,29,30)/t16-,17-,18+,19-,22+,23?/m0/s1. The van der Waals surface area contributed by atoms with Crippen molar-refractivity contribution in [3.05, 3.63) is 35.0 Å². The molecule has 10 heteroatoms. The molecule has 0 spiro atoms. The van der Waals surface area contributed by atoms with E-state index < -0.39 is 48.2 Å². The molecule has 2 aliphatic rings. The first kappa shape index (κ1) is 23.7. The molecule has 0 aliphatic carbocycles. The highest BCUT2D eigenvalue weighted by Crippen LogP contribution is 2.42. The van der Waals surface area contributed by atoms with E-state index in [1.54, 1.807) is 0 Å². The molecule has 0 saturated carbocycles. The minimum absolute atomic E-state index is 0.215. The molecule has 0 radical (unpaired) electrons. The van der Waals surface area contributed by atoms with E-state index in [1.165, 1.54) is 0 Å². The second kappa shape index (κ2) is 9.03. The molecule has 5 N–H and O–H groups in total. The van der Waals surface area contributed by atoms with E-state index in [0.717, 1.165) is 34.1 Å². The maximum Gasteiger partial charge on any atom is 0.335 e. The number of para-hydroxylation sites is 1. The van der Waals surface area contributed by atoms with Gasteiger partial charge in [-0.1, -0.05) is 32.0 Å². The molecule has 1 fully saturated rings. The Morgan fingerprint density at radius 3 is 2.61 bits per heavy atom. The van der Waals surface area contributed by atoms with Gasteiger partial charge in [0.15, 0.2) is 6.10 Å². The average Bonchev–Trinajstić information content (AvgIpc) is 3.19. The Kier molecular flexibility index (Phi) is 6.47. The van der Waals surface area contributed by atoms with Crippen LogP contribution in [0, 0.1) is 0 Å². The summed E-state index contributed by atoms with van der Waals surface area (Å²) in [5, 5.41) is 40.2. The summed E-state index contributed by atoms with van der Waals surface area (Å²) in [6.07, 6.45) is -7.34. The number of aliphatic carboxylic acids is 1. The lowest BCUT2D eigenvalue weighted by atomic mass is 9.86. The molecule has 2 aromatic rings. The zero-order valence-corrected chi connectivity index (χ0v) is 18.5. The normalized spacial score (nSPS) is 31.8. The zero-order chi connectivity index (χ0) is 23.9. The Labute approximate surface area is 190 Å². The summed E-state index contributed by atoms with van der Waals surface area (Å²) < 4.78 is 16.4. The van der Waals surface area contributed by atoms with Gasteiger partial charge in [-0.05, 0) is 30.4 Å². The number of fused-ring (bicyclic) bond motifs is 3. The fourth-order valence-corrected chi connectivity index (χ4v) is 4.80. The lowest BCUT2D eigenvalue weighted by Crippen LogP contribution is -2.60. The van der Waals surface area contributed by atoms with Crippen LogP contribution < -0.4 is 0 Å². The van der Waals surface area contributed by atoms with Crippen LogP contribution in [-0.2, 0) is 42.2 Å². The molecule has 6 atom stereocenters. The minimum Gasteiger partial charge on any atom is -0.479 e. The van der Waals surface area contributed by atoms with Crippen LogP contribution in [0.2, 0.25) is 0 Å². The number of carboxylic acid groups (broad SMARTS) is 1. The first-order valence-corrected chi connectivity index (χ1v) is 11.1. The van der Waals surface area contributed by atoms with Gasteiger partial charge in [-0.15, -0.1) is 0 Å². The molecule has 4 rings (SSSR count). The molecule has 180 valence electrons. The van der Waals surface area contributed by atoms with Gasteiger partial charge in [0.1, 0.15) is 23.9 Å². The molecule has 0 bridgehead atoms. The van der Waals surface area contributed by atoms with Crippen molar-refractivity contribution in [2.24, 2.45) is 0 Å². The summed E-state index contributed by atoms with van der Waals surface area (Å²) in [5.41, 5.74) is 3.04. The SMILES string of the molecule is CCc1cccc2c3c([nH]c12)C(CC)(CC(=O)O[C@@H]1O[C@H](C(=O)O)[C@@H](O)[C@H](O)[C@H]1O)OCC3. The van der Waals surface area contributed by atoms with Crippen LogP contribution in [0.25, 0.3) is 10.9 Å². The molecule has 1 aromatic heterocycles. The van der Waals surface area contributed by atoms with E-state index in [2.05, 4.69) is 11.9 Å². The van der Waals surface area contributed by atoms with Gasteiger partial charge in [0.2, 0.25) is 6.29 Å². The maximum atomic E-state index is 12.9. The monoisotopic (exact) mass is 463 g/mol. The molecule has 1 aromatic carbocycles. The van der Waals surface area contributed by atoms with Gasteiger partial charge in [-0.3, -0.25) is 4.79 Å². The van der Waals surface area contributed by atoms with E-state index >= 15 is 0 Å². The number of ether oxygens (including phenoxy) is 3. The third kappa shape index (κ3) is 4.02. The fourth-order valence-electron chi connectivity index (χ4n) is 4.80. The summed E-state index contributed by atoms with van der Waals surface area (Å²) >= 11 is 0. The van der Waals surface area contributed by atoms with Crippen molar-refractivity contribution in [2.45, 2.75) is 75.8 Å². The van der Waals surface area contributed by atoms with E-state index in [9.17, 15) is 30.0 Å². The number of rotatable bonds is 6. The smallest absolute Gasteiger partial charge is 0.335 e. The lowest BCUT2D eigenvalue weighted by Gasteiger charge is -2.39. The van der Waals surface area contributed by atoms with Crippen LogP contribution in [0.3, 0.4) is 0 Å². The number of aliphatic hydroxyl groups is 3. The number of aromatic nitrogens is 1. The van der Waals surface area contributed by atoms with Crippen molar-refractivity contribution in [3.63, 3.8) is 0 Å². The number of aliphatic hydroxyl groups excluding tert-OH is 3. The number of carbonyl (C=O) groups excluding carboxylic acids is 1. The van der Waals surface area contributed by atoms with Crippen molar-refractivity contribution >= 4 is 22.8 Å². The number of hydrogen-bond acceptors (Lipinski definition) is 8. The molecule has 2 aliphatic heterocycles. The highest BCUT2D eigenvalue weighted by molar-refractivity contribution is 5.88. The number of aryl methyl sites for hydroxylation is 1. The summed E-state index contributed by atoms with van der Waals surface area (Å²) in [5.74, 6) is -2.35. The first-order chi connectivity index (χ1) is 15.7. The average molecular weight is 463 g/mol. The quantitative estimate of drug-likeness (QED) is 0.389. The molecule has 3 heterocycles. The molecule has 0 amide bonds. The summed E-state index contributed by atoms with van der Waals surface area (Å²) in [6, 6.07) is 6.10. The van der Waals surface area contributed by atoms with E-state index in [1.807, 2.05) is 25.1 Å². The van der Waals surface area contributed by atoms with Crippen LogP contribution in [0.1, 0.15) is 43.5 Å². The van der Waals surface area contributed by atoms with Gasteiger partial charge < -0.3 is 39.6 Å². The number of nitrogens with one attached hydrogen (secondary N) is 1. The Morgan fingerprint density at radius 2 is 1.94 bits per heavy atom. The first-order valence-electron chi connectivity index (χ1n) is 11.1. The predicted molar refractivity (Wildman–Crippen MR) is 114 cm³/mol. The van der Waals surface area contributed by atoms with Gasteiger partial charge in [-0.25, -0.2) is 4.79 Å². The minimum atomic E-state index is -1.86. The topological polar surface area (TPSA) is 159 Å². The number of H-pyrrole nitrogens is 1. The van der Waals surface area contributed by atoms with Crippen molar-refractivity contribution in [1.82, 2.24) is 4.98 Å². The van der Waals surface area contributed by atoms with Crippen molar-refractivity contribution < 1.29 is 44.2 Å². The number of aromatic amines is 1. The van der Waals surface area contributed by atoms with Gasteiger partial charge in [0.25, 0.3) is 0 Å². The molecular formula is C23H29NO9. The van der Waals surface area contributed by atoms with E-state index in [4.69, 9.17) is 14.2 Å². The number of benzene rings is 1. The predicted octanol–water partition coefficient (Wildman–Crippen LogP) is 0.734. The number of hydrogen-bond donors (Lipinski definition) is 5. The van der Waals surface area contributed by atoms with Crippen LogP contribution in [0.4, 0.5) is 0 Å². The van der Waals surface area contributed by atoms with Crippen molar-refractivity contribution in [2.75, 3.05) is 6.61 Å². The third-order valence-electron chi connectivity index (χ3n) is 6.66. The van der Waals surface area contributed by atoms with Crippen molar-refractivity contribution in [1.29, 1.82) is 0 Å². The highest BCUT2D eigenvalue weighted by atomic mass is 16.7. The molecule has 1 saturated heterocycles. The largest absolute Gasteiger partial charge is 0.479 e. The van der Waals surface area contributed by atoms with Crippen LogP contribution in [0.5, 0.6) is 0 Å². The molecular weight excluding hydrogens is 434 g/mol. The summed E-state index contributed by atoms with van der Waals surface area (Å²) in [6.45, 7) is 4.37. The van der Waals surface area contributed by atoms with Gasteiger partial charge in [0.05, 0.1) is 18.7 Å². The van der Waals surface area contributed by atoms with E-state index in [-0.39, 0.29) is 6.42 Å². The fraction of sp³-hybridized carbons (Fsp3) is 0.565. The lowest BCUT2D eigenvalue weighted by molar-refractivity contribution is -0.287. The zero-order valence-electron chi connectivity index (χ0n) is 18.5. The Morgan fingerprint density at radius 1 is 1.18 bits per heavy atom. The second-order valence-corrected chi connectivity index (χ2v) is 8.52. The van der Waals surface area contributed by atoms with Gasteiger partial charge >= 0.3 is 11.9 Å². The van der Waals surface area contributed by atoms with E-state index in [0.29, 0.717) is 19.4 Å². The number of carboxylic acids is 1. The second-order valence-electron chi connectivity index (χ2n) is 8.52. The Hall–Kier alpha value is -2.50. The molecule has 1 unspecified atom stereocenters. The maximum absolute atomic E-state index is 12.9. The van der Waals surface area contributed by atoms with Gasteiger partial charge in [-0.2, -0.15) is 0 Å². The van der Waals surface area contributed by atoms with Crippen LogP contribution >= 0.6 is 0 Å². The van der Waals surface area contributed by atoms with Crippen molar-refractivity contribution in [3.8, 4) is 0 Å². The molecule has 10 nitrogen and oxygen atoms in total. The highest BCUT2D eigenvalue weighted by Gasteiger charge is 2.49. The van der Waals surface area contributed by atoms with Crippen LogP contribution in [0.15, 0.2) is 18.2 Å².